The van der Waals surface area contributed by atoms with Crippen LogP contribution in [0.2, 0.25) is 0 Å². The maximum atomic E-state index is 12.6. The van der Waals surface area contributed by atoms with Crippen molar-refractivity contribution in [3.8, 4) is 11.8 Å². The number of piperazine rings is 1. The minimum atomic E-state index is -0.496. The van der Waals surface area contributed by atoms with Gasteiger partial charge in [0.15, 0.2) is 0 Å². The quantitative estimate of drug-likeness (QED) is 0.506. The van der Waals surface area contributed by atoms with Gasteiger partial charge in [-0.05, 0) is 51.2 Å². The average molecular weight is 469 g/mol. The summed E-state index contributed by atoms with van der Waals surface area (Å²) in [5, 5.41) is 12.5. The SMILES string of the molecule is C=CC(=O)N1CCN(c2cc(C(=O)Nc3ccccc3O)nc(OC)n2)CC1.CN1CCCC1. The van der Waals surface area contributed by atoms with Gasteiger partial charge in [-0.15, -0.1) is 0 Å². The predicted octanol–water partition coefficient (Wildman–Crippen LogP) is 1.99. The summed E-state index contributed by atoms with van der Waals surface area (Å²) in [5.74, 6) is -0.119. The number of phenols is 1. The van der Waals surface area contributed by atoms with E-state index >= 15 is 0 Å². The van der Waals surface area contributed by atoms with Crippen molar-refractivity contribution in [3.05, 3.63) is 48.7 Å². The second-order valence-electron chi connectivity index (χ2n) is 8.10. The van der Waals surface area contributed by atoms with Crippen molar-refractivity contribution in [2.75, 3.05) is 63.6 Å². The van der Waals surface area contributed by atoms with Crippen molar-refractivity contribution in [2.45, 2.75) is 12.8 Å². The number of para-hydroxylation sites is 2. The monoisotopic (exact) mass is 468 g/mol. The standard InChI is InChI=1S/C19H21N5O4.C5H11N/c1-3-17(26)24-10-8-23(9-11-24)16-12-14(21-19(22-16)28-2)18(27)20-13-6-4-5-7-15(13)25;1-6-4-2-3-5-6/h3-7,12,25H,1,8-11H2,2H3,(H,20,27);2-5H2,1H3. The van der Waals surface area contributed by atoms with Crippen molar-refractivity contribution < 1.29 is 19.4 Å². The third kappa shape index (κ3) is 6.67. The average Bonchev–Trinajstić information content (AvgIpc) is 3.36. The van der Waals surface area contributed by atoms with Crippen molar-refractivity contribution in [3.63, 3.8) is 0 Å². The number of carbonyl (C=O) groups is 2. The molecule has 2 aromatic rings. The van der Waals surface area contributed by atoms with Crippen LogP contribution in [-0.2, 0) is 4.79 Å². The van der Waals surface area contributed by atoms with Crippen LogP contribution in [0.25, 0.3) is 0 Å². The number of rotatable bonds is 5. The number of hydrogen-bond donors (Lipinski definition) is 2. The largest absolute Gasteiger partial charge is 0.506 e. The van der Waals surface area contributed by atoms with Gasteiger partial charge < -0.3 is 29.9 Å². The summed E-state index contributed by atoms with van der Waals surface area (Å²) < 4.78 is 5.13. The van der Waals surface area contributed by atoms with Gasteiger partial charge >= 0.3 is 6.01 Å². The molecule has 4 rings (SSSR count). The van der Waals surface area contributed by atoms with Gasteiger partial charge in [0, 0.05) is 32.2 Å². The first-order valence-corrected chi connectivity index (χ1v) is 11.3. The van der Waals surface area contributed by atoms with Crippen LogP contribution in [0.4, 0.5) is 11.5 Å². The van der Waals surface area contributed by atoms with Crippen LogP contribution < -0.4 is 15.0 Å². The highest BCUT2D eigenvalue weighted by atomic mass is 16.5. The van der Waals surface area contributed by atoms with Crippen LogP contribution in [0.3, 0.4) is 0 Å². The number of phenolic OH excluding ortho intramolecular Hbond substituents is 1. The topological polar surface area (TPSA) is 111 Å². The number of carbonyl (C=O) groups excluding carboxylic acids is 2. The van der Waals surface area contributed by atoms with E-state index in [1.807, 2.05) is 4.90 Å². The number of nitrogens with one attached hydrogen (secondary N) is 1. The molecule has 0 aliphatic carbocycles. The van der Waals surface area contributed by atoms with Gasteiger partial charge in [-0.3, -0.25) is 9.59 Å². The summed E-state index contributed by atoms with van der Waals surface area (Å²) in [6.07, 6.45) is 4.12. The number of ether oxygens (including phenoxy) is 1. The van der Waals surface area contributed by atoms with E-state index in [1.54, 1.807) is 29.2 Å². The van der Waals surface area contributed by atoms with E-state index in [4.69, 9.17) is 4.74 Å². The van der Waals surface area contributed by atoms with E-state index in [9.17, 15) is 14.7 Å². The number of hydrogen-bond acceptors (Lipinski definition) is 8. The second-order valence-corrected chi connectivity index (χ2v) is 8.10. The summed E-state index contributed by atoms with van der Waals surface area (Å²) in [5.41, 5.74) is 0.387. The highest BCUT2D eigenvalue weighted by Crippen LogP contribution is 2.23. The van der Waals surface area contributed by atoms with Gasteiger partial charge in [0.05, 0.1) is 12.8 Å². The third-order valence-electron chi connectivity index (χ3n) is 5.68. The van der Waals surface area contributed by atoms with Gasteiger partial charge in [-0.2, -0.15) is 9.97 Å². The molecule has 2 aliphatic rings. The Balaban J connectivity index is 0.000000469. The zero-order chi connectivity index (χ0) is 24.5. The highest BCUT2D eigenvalue weighted by Gasteiger charge is 2.23. The molecule has 2 aliphatic heterocycles. The third-order valence-corrected chi connectivity index (χ3v) is 5.68. The minimum Gasteiger partial charge on any atom is -0.506 e. The Morgan fingerprint density at radius 2 is 1.76 bits per heavy atom. The van der Waals surface area contributed by atoms with E-state index in [2.05, 4.69) is 33.8 Å². The molecule has 0 saturated carbocycles. The van der Waals surface area contributed by atoms with E-state index in [0.717, 1.165) is 0 Å². The van der Waals surface area contributed by atoms with E-state index in [0.29, 0.717) is 32.0 Å². The predicted molar refractivity (Wildman–Crippen MR) is 130 cm³/mol. The van der Waals surface area contributed by atoms with Crippen LogP contribution in [0.15, 0.2) is 43.0 Å². The Labute approximate surface area is 199 Å². The molecular weight excluding hydrogens is 436 g/mol. The van der Waals surface area contributed by atoms with Crippen LogP contribution in [0.1, 0.15) is 23.3 Å². The fourth-order valence-corrected chi connectivity index (χ4v) is 3.71. The Morgan fingerprint density at radius 3 is 2.32 bits per heavy atom. The first kappa shape index (κ1) is 25.0. The Kier molecular flexibility index (Phi) is 8.80. The fraction of sp³-hybridized carbons (Fsp3) is 0.417. The number of methoxy groups -OCH3 is 1. The van der Waals surface area contributed by atoms with Crippen molar-refractivity contribution in [1.82, 2.24) is 19.8 Å². The molecule has 182 valence electrons. The van der Waals surface area contributed by atoms with E-state index in [-0.39, 0.29) is 29.0 Å². The number of benzene rings is 1. The van der Waals surface area contributed by atoms with Gasteiger partial charge in [0.25, 0.3) is 5.91 Å². The maximum Gasteiger partial charge on any atom is 0.318 e. The molecular formula is C24H32N6O4. The molecule has 2 N–H and O–H groups in total. The number of likely N-dealkylation sites (tertiary alicyclic amines) is 1. The van der Waals surface area contributed by atoms with Gasteiger partial charge in [0.2, 0.25) is 5.91 Å². The van der Waals surface area contributed by atoms with Crippen LogP contribution in [0, 0.1) is 0 Å². The Bertz CT molecular complexity index is 1000. The number of amides is 2. The first-order valence-electron chi connectivity index (χ1n) is 11.3. The molecule has 0 unspecified atom stereocenters. The lowest BCUT2D eigenvalue weighted by Crippen LogP contribution is -2.48. The molecule has 0 spiro atoms. The van der Waals surface area contributed by atoms with Crippen molar-refractivity contribution in [1.29, 1.82) is 0 Å². The molecule has 2 saturated heterocycles. The number of anilines is 2. The summed E-state index contributed by atoms with van der Waals surface area (Å²) >= 11 is 0. The lowest BCUT2D eigenvalue weighted by atomic mass is 10.2. The Morgan fingerprint density at radius 1 is 1.09 bits per heavy atom. The molecule has 34 heavy (non-hydrogen) atoms. The van der Waals surface area contributed by atoms with Crippen LogP contribution >= 0.6 is 0 Å². The van der Waals surface area contributed by atoms with Crippen LogP contribution in [0.5, 0.6) is 11.8 Å². The van der Waals surface area contributed by atoms with Crippen molar-refractivity contribution >= 4 is 23.3 Å². The number of aromatic hydroxyl groups is 1. The lowest BCUT2D eigenvalue weighted by Gasteiger charge is -2.35. The molecule has 3 heterocycles. The van der Waals surface area contributed by atoms with Gasteiger partial charge in [-0.1, -0.05) is 18.7 Å². The molecule has 1 aromatic carbocycles. The molecule has 10 heteroatoms. The normalized spacial score (nSPS) is 15.8. The van der Waals surface area contributed by atoms with E-state index < -0.39 is 5.91 Å². The van der Waals surface area contributed by atoms with E-state index in [1.165, 1.54) is 45.2 Å². The summed E-state index contributed by atoms with van der Waals surface area (Å²) in [6.45, 7) is 8.30. The summed E-state index contributed by atoms with van der Waals surface area (Å²) in [6, 6.07) is 8.04. The molecule has 0 atom stereocenters. The number of nitrogens with zero attached hydrogens (tertiary/aromatic N) is 5. The first-order chi connectivity index (χ1) is 16.4. The second kappa shape index (κ2) is 12.0. The minimum absolute atomic E-state index is 0.0416. The smallest absolute Gasteiger partial charge is 0.318 e. The zero-order valence-corrected chi connectivity index (χ0v) is 19.7. The molecule has 0 bridgehead atoms. The molecule has 1 aromatic heterocycles. The zero-order valence-electron chi connectivity index (χ0n) is 19.7. The summed E-state index contributed by atoms with van der Waals surface area (Å²) in [4.78, 5) is 38.7. The lowest BCUT2D eigenvalue weighted by molar-refractivity contribution is -0.126. The molecule has 0 radical (unpaired) electrons. The molecule has 2 amide bonds. The fourth-order valence-electron chi connectivity index (χ4n) is 3.71. The maximum absolute atomic E-state index is 12.6. The highest BCUT2D eigenvalue weighted by molar-refractivity contribution is 6.04. The van der Waals surface area contributed by atoms with Crippen molar-refractivity contribution in [2.24, 2.45) is 0 Å². The number of aromatic nitrogens is 2. The molecule has 10 nitrogen and oxygen atoms in total. The Hall–Kier alpha value is -3.66. The summed E-state index contributed by atoms with van der Waals surface area (Å²) in [7, 11) is 3.59. The van der Waals surface area contributed by atoms with Crippen LogP contribution in [-0.4, -0.2) is 90.1 Å². The molecule has 2 fully saturated rings. The van der Waals surface area contributed by atoms with Gasteiger partial charge in [0.1, 0.15) is 17.3 Å². The van der Waals surface area contributed by atoms with Gasteiger partial charge in [-0.25, -0.2) is 0 Å².